The zero-order valence-corrected chi connectivity index (χ0v) is 12.8. The van der Waals surface area contributed by atoms with Gasteiger partial charge in [0.2, 0.25) is 5.91 Å². The molecule has 0 unspecified atom stereocenters. The summed E-state index contributed by atoms with van der Waals surface area (Å²) in [5.41, 5.74) is 3.18. The maximum Gasteiger partial charge on any atom is 0.221 e. The second kappa shape index (κ2) is 8.32. The highest BCUT2D eigenvalue weighted by Gasteiger charge is 2.07. The molecule has 2 aromatic carbocycles. The van der Waals surface area contributed by atoms with Gasteiger partial charge in [0.25, 0.3) is 0 Å². The van der Waals surface area contributed by atoms with Gasteiger partial charge < -0.3 is 10.4 Å². The van der Waals surface area contributed by atoms with Crippen LogP contribution >= 0.6 is 0 Å². The van der Waals surface area contributed by atoms with Crippen LogP contribution in [0.25, 0.3) is 0 Å². The third-order valence-corrected chi connectivity index (χ3v) is 3.35. The van der Waals surface area contributed by atoms with Gasteiger partial charge in [0.05, 0.1) is 6.61 Å². The molecule has 2 aromatic rings. The van der Waals surface area contributed by atoms with Crippen LogP contribution in [0.15, 0.2) is 54.6 Å². The Morgan fingerprint density at radius 1 is 1.00 bits per heavy atom. The SMILES string of the molecule is CC(=O)Nc1ccc(CN(CCO)Cc2ccccc2)cc1. The van der Waals surface area contributed by atoms with Crippen molar-refractivity contribution >= 4 is 11.6 Å². The van der Waals surface area contributed by atoms with Gasteiger partial charge >= 0.3 is 0 Å². The smallest absolute Gasteiger partial charge is 0.221 e. The summed E-state index contributed by atoms with van der Waals surface area (Å²) in [4.78, 5) is 13.2. The molecule has 0 saturated carbocycles. The maximum atomic E-state index is 11.0. The predicted molar refractivity (Wildman–Crippen MR) is 88.4 cm³/mol. The summed E-state index contributed by atoms with van der Waals surface area (Å²) >= 11 is 0. The van der Waals surface area contributed by atoms with Crippen LogP contribution in [0.5, 0.6) is 0 Å². The number of rotatable bonds is 7. The molecular weight excluding hydrogens is 276 g/mol. The van der Waals surface area contributed by atoms with Crippen LogP contribution in [0.4, 0.5) is 5.69 Å². The molecule has 0 fully saturated rings. The highest BCUT2D eigenvalue weighted by atomic mass is 16.3. The lowest BCUT2D eigenvalue weighted by molar-refractivity contribution is -0.114. The van der Waals surface area contributed by atoms with E-state index in [1.54, 1.807) is 0 Å². The van der Waals surface area contributed by atoms with Gasteiger partial charge in [-0.2, -0.15) is 0 Å². The molecule has 2 N–H and O–H groups in total. The van der Waals surface area contributed by atoms with Crippen molar-refractivity contribution in [1.29, 1.82) is 0 Å². The van der Waals surface area contributed by atoms with Crippen LogP contribution in [0.2, 0.25) is 0 Å². The zero-order valence-electron chi connectivity index (χ0n) is 12.8. The molecule has 0 aliphatic heterocycles. The standard InChI is InChI=1S/C18H22N2O2/c1-15(22)19-18-9-7-17(8-10-18)14-20(11-12-21)13-16-5-3-2-4-6-16/h2-10,21H,11-14H2,1H3,(H,19,22). The van der Waals surface area contributed by atoms with Gasteiger partial charge in [-0.1, -0.05) is 42.5 Å². The Kier molecular flexibility index (Phi) is 6.13. The largest absolute Gasteiger partial charge is 0.395 e. The van der Waals surface area contributed by atoms with Crippen molar-refractivity contribution in [3.63, 3.8) is 0 Å². The summed E-state index contributed by atoms with van der Waals surface area (Å²) in [7, 11) is 0. The third kappa shape index (κ3) is 5.31. The average Bonchev–Trinajstić information content (AvgIpc) is 2.50. The number of amides is 1. The van der Waals surface area contributed by atoms with Crippen molar-refractivity contribution in [2.45, 2.75) is 20.0 Å². The average molecular weight is 298 g/mol. The summed E-state index contributed by atoms with van der Waals surface area (Å²) in [6.07, 6.45) is 0. The predicted octanol–water partition coefficient (Wildman–Crippen LogP) is 2.64. The molecule has 22 heavy (non-hydrogen) atoms. The summed E-state index contributed by atoms with van der Waals surface area (Å²) in [6, 6.07) is 18.0. The van der Waals surface area contributed by atoms with Gasteiger partial charge in [-0.3, -0.25) is 9.69 Å². The lowest BCUT2D eigenvalue weighted by atomic mass is 10.1. The minimum atomic E-state index is -0.0706. The van der Waals surface area contributed by atoms with Crippen LogP contribution in [0.3, 0.4) is 0 Å². The lowest BCUT2D eigenvalue weighted by Gasteiger charge is -2.21. The Morgan fingerprint density at radius 2 is 1.59 bits per heavy atom. The molecule has 0 aromatic heterocycles. The maximum absolute atomic E-state index is 11.0. The molecular formula is C18H22N2O2. The highest BCUT2D eigenvalue weighted by molar-refractivity contribution is 5.88. The fraction of sp³-hybridized carbons (Fsp3) is 0.278. The number of hydrogen-bond acceptors (Lipinski definition) is 3. The molecule has 4 nitrogen and oxygen atoms in total. The molecule has 0 bridgehead atoms. The van der Waals surface area contributed by atoms with Crippen molar-refractivity contribution in [2.24, 2.45) is 0 Å². The molecule has 2 rings (SSSR count). The van der Waals surface area contributed by atoms with Crippen molar-refractivity contribution < 1.29 is 9.90 Å². The van der Waals surface area contributed by atoms with Gasteiger partial charge in [-0.15, -0.1) is 0 Å². The first-order valence-corrected chi connectivity index (χ1v) is 7.41. The van der Waals surface area contributed by atoms with E-state index in [0.29, 0.717) is 6.54 Å². The molecule has 0 heterocycles. The Bertz CT molecular complexity index is 582. The molecule has 4 heteroatoms. The summed E-state index contributed by atoms with van der Waals surface area (Å²) in [5, 5.41) is 12.0. The minimum Gasteiger partial charge on any atom is -0.395 e. The van der Waals surface area contributed by atoms with E-state index in [4.69, 9.17) is 0 Å². The number of nitrogens with one attached hydrogen (secondary N) is 1. The Labute approximate surface area is 131 Å². The number of benzene rings is 2. The van der Waals surface area contributed by atoms with Crippen molar-refractivity contribution in [1.82, 2.24) is 4.90 Å². The molecule has 0 aliphatic rings. The topological polar surface area (TPSA) is 52.6 Å². The molecule has 0 radical (unpaired) electrons. The monoisotopic (exact) mass is 298 g/mol. The van der Waals surface area contributed by atoms with Gasteiger partial charge in [0.1, 0.15) is 0 Å². The highest BCUT2D eigenvalue weighted by Crippen LogP contribution is 2.13. The van der Waals surface area contributed by atoms with E-state index in [2.05, 4.69) is 22.3 Å². The zero-order chi connectivity index (χ0) is 15.8. The van der Waals surface area contributed by atoms with Crippen LogP contribution in [-0.4, -0.2) is 29.1 Å². The summed E-state index contributed by atoms with van der Waals surface area (Å²) in [6.45, 7) is 3.82. The second-order valence-corrected chi connectivity index (χ2v) is 5.30. The Balaban J connectivity index is 1.99. The summed E-state index contributed by atoms with van der Waals surface area (Å²) in [5.74, 6) is -0.0706. The minimum absolute atomic E-state index is 0.0706. The van der Waals surface area contributed by atoms with E-state index in [-0.39, 0.29) is 12.5 Å². The Hall–Kier alpha value is -2.17. The number of anilines is 1. The van der Waals surface area contributed by atoms with Gasteiger partial charge in [0.15, 0.2) is 0 Å². The first kappa shape index (κ1) is 16.2. The first-order chi connectivity index (χ1) is 10.7. The number of carbonyl (C=O) groups is 1. The Morgan fingerprint density at radius 3 is 2.14 bits per heavy atom. The number of carbonyl (C=O) groups excluding carboxylic acids is 1. The van der Waals surface area contributed by atoms with E-state index in [1.807, 2.05) is 42.5 Å². The van der Waals surface area contributed by atoms with Crippen molar-refractivity contribution in [3.05, 3.63) is 65.7 Å². The van der Waals surface area contributed by atoms with Crippen molar-refractivity contribution in [2.75, 3.05) is 18.5 Å². The van der Waals surface area contributed by atoms with E-state index in [9.17, 15) is 9.90 Å². The number of aliphatic hydroxyl groups excluding tert-OH is 1. The van der Waals surface area contributed by atoms with E-state index in [1.165, 1.54) is 12.5 Å². The van der Waals surface area contributed by atoms with Crippen LogP contribution in [-0.2, 0) is 17.9 Å². The molecule has 116 valence electrons. The number of nitrogens with zero attached hydrogens (tertiary/aromatic N) is 1. The normalized spacial score (nSPS) is 10.7. The van der Waals surface area contributed by atoms with Crippen molar-refractivity contribution in [3.8, 4) is 0 Å². The van der Waals surface area contributed by atoms with Gasteiger partial charge in [-0.05, 0) is 23.3 Å². The molecule has 1 amide bonds. The third-order valence-electron chi connectivity index (χ3n) is 3.35. The van der Waals surface area contributed by atoms with Crippen LogP contribution in [0, 0.1) is 0 Å². The molecule has 0 aliphatic carbocycles. The number of aliphatic hydroxyl groups is 1. The van der Waals surface area contributed by atoms with Gasteiger partial charge in [0, 0.05) is 32.2 Å². The van der Waals surface area contributed by atoms with E-state index < -0.39 is 0 Å². The molecule has 0 atom stereocenters. The number of hydrogen-bond donors (Lipinski definition) is 2. The van der Waals surface area contributed by atoms with Crippen LogP contribution < -0.4 is 5.32 Å². The van der Waals surface area contributed by atoms with E-state index >= 15 is 0 Å². The fourth-order valence-corrected chi connectivity index (χ4v) is 2.35. The quantitative estimate of drug-likeness (QED) is 0.826. The van der Waals surface area contributed by atoms with Crippen LogP contribution in [0.1, 0.15) is 18.1 Å². The molecule has 0 saturated heterocycles. The van der Waals surface area contributed by atoms with E-state index in [0.717, 1.165) is 24.3 Å². The lowest BCUT2D eigenvalue weighted by Crippen LogP contribution is -2.26. The van der Waals surface area contributed by atoms with Gasteiger partial charge in [-0.25, -0.2) is 0 Å². The molecule has 0 spiro atoms. The first-order valence-electron chi connectivity index (χ1n) is 7.41. The fourth-order valence-electron chi connectivity index (χ4n) is 2.35. The second-order valence-electron chi connectivity index (χ2n) is 5.30. The summed E-state index contributed by atoms with van der Waals surface area (Å²) < 4.78 is 0.